The lowest BCUT2D eigenvalue weighted by atomic mass is 9.83. The second-order valence-electron chi connectivity index (χ2n) is 7.39. The zero-order chi connectivity index (χ0) is 18.9. The average molecular weight is 371 g/mol. The van der Waals surface area contributed by atoms with Crippen molar-refractivity contribution in [3.63, 3.8) is 0 Å². The van der Waals surface area contributed by atoms with E-state index in [1.165, 1.54) is 0 Å². The lowest BCUT2D eigenvalue weighted by Gasteiger charge is -2.45. The fourth-order valence-corrected chi connectivity index (χ4v) is 4.04. The summed E-state index contributed by atoms with van der Waals surface area (Å²) in [6.45, 7) is 3.93. The molecule has 0 aliphatic carbocycles. The van der Waals surface area contributed by atoms with Crippen molar-refractivity contribution in [3.05, 3.63) is 36.0 Å². The molecule has 1 unspecified atom stereocenters. The molecule has 2 saturated heterocycles. The number of likely N-dealkylation sites (tertiary alicyclic amines) is 1. The Morgan fingerprint density at radius 1 is 1.33 bits per heavy atom. The summed E-state index contributed by atoms with van der Waals surface area (Å²) in [4.78, 5) is 22.9. The predicted octanol–water partition coefficient (Wildman–Crippen LogP) is 1.75. The SMILES string of the molecule is Cc1cc(C(=O)N2CCC3(CC2)CC(Oc2cnccn2)CCO3)n(C)n1. The summed E-state index contributed by atoms with van der Waals surface area (Å²) in [5.74, 6) is 0.592. The maximum atomic E-state index is 12.8. The monoisotopic (exact) mass is 371 g/mol. The third kappa shape index (κ3) is 3.80. The molecule has 2 aliphatic rings. The summed E-state index contributed by atoms with van der Waals surface area (Å²) >= 11 is 0. The first kappa shape index (κ1) is 17.9. The molecule has 1 spiro atoms. The first-order valence-corrected chi connectivity index (χ1v) is 9.41. The van der Waals surface area contributed by atoms with Gasteiger partial charge in [0.2, 0.25) is 5.88 Å². The van der Waals surface area contributed by atoms with Crippen molar-refractivity contribution in [2.45, 2.75) is 44.3 Å². The zero-order valence-corrected chi connectivity index (χ0v) is 15.8. The topological polar surface area (TPSA) is 82.4 Å². The number of piperidine rings is 1. The quantitative estimate of drug-likeness (QED) is 0.818. The number of carbonyl (C=O) groups excluding carboxylic acids is 1. The van der Waals surface area contributed by atoms with Crippen LogP contribution in [0, 0.1) is 6.92 Å². The fraction of sp³-hybridized carbons (Fsp3) is 0.579. The predicted molar refractivity (Wildman–Crippen MR) is 97.4 cm³/mol. The molecule has 1 amide bonds. The van der Waals surface area contributed by atoms with E-state index in [2.05, 4.69) is 15.1 Å². The standard InChI is InChI=1S/C19H25N5O3/c1-14-11-16(23(2)22-14)18(25)24-8-4-19(5-9-24)12-15(3-10-26-19)27-17-13-20-6-7-21-17/h6-7,11,13,15H,3-5,8-10,12H2,1-2H3. The smallest absolute Gasteiger partial charge is 0.272 e. The van der Waals surface area contributed by atoms with Gasteiger partial charge in [-0.3, -0.25) is 14.5 Å². The lowest BCUT2D eigenvalue weighted by Crippen LogP contribution is -2.52. The van der Waals surface area contributed by atoms with Crippen molar-refractivity contribution in [2.75, 3.05) is 19.7 Å². The highest BCUT2D eigenvalue weighted by Crippen LogP contribution is 2.36. The Bertz CT molecular complexity index is 799. The number of aryl methyl sites for hydroxylation is 2. The average Bonchev–Trinajstić information content (AvgIpc) is 3.01. The van der Waals surface area contributed by atoms with Crippen LogP contribution in [-0.2, 0) is 11.8 Å². The molecular weight excluding hydrogens is 346 g/mol. The van der Waals surface area contributed by atoms with Crippen LogP contribution in [0.1, 0.15) is 41.9 Å². The zero-order valence-electron chi connectivity index (χ0n) is 15.8. The van der Waals surface area contributed by atoms with E-state index < -0.39 is 0 Å². The van der Waals surface area contributed by atoms with Gasteiger partial charge in [-0.05, 0) is 25.8 Å². The van der Waals surface area contributed by atoms with Crippen molar-refractivity contribution in [1.82, 2.24) is 24.6 Å². The highest BCUT2D eigenvalue weighted by atomic mass is 16.5. The summed E-state index contributed by atoms with van der Waals surface area (Å²) in [5, 5.41) is 4.28. The molecule has 4 rings (SSSR count). The Balaban J connectivity index is 1.37. The third-order valence-electron chi connectivity index (χ3n) is 5.46. The van der Waals surface area contributed by atoms with Gasteiger partial charge < -0.3 is 14.4 Å². The molecule has 0 saturated carbocycles. The Hall–Kier alpha value is -2.48. The summed E-state index contributed by atoms with van der Waals surface area (Å²) in [6.07, 6.45) is 8.26. The molecule has 27 heavy (non-hydrogen) atoms. The van der Waals surface area contributed by atoms with E-state index >= 15 is 0 Å². The number of nitrogens with zero attached hydrogens (tertiary/aromatic N) is 5. The van der Waals surface area contributed by atoms with Crippen LogP contribution in [0.15, 0.2) is 24.7 Å². The highest BCUT2D eigenvalue weighted by Gasteiger charge is 2.42. The van der Waals surface area contributed by atoms with Crippen molar-refractivity contribution in [3.8, 4) is 5.88 Å². The van der Waals surface area contributed by atoms with Gasteiger partial charge in [0.15, 0.2) is 0 Å². The normalized spacial score (nSPS) is 22.0. The number of hydrogen-bond acceptors (Lipinski definition) is 6. The largest absolute Gasteiger partial charge is 0.473 e. The maximum Gasteiger partial charge on any atom is 0.272 e. The molecule has 2 aromatic rings. The minimum absolute atomic E-state index is 0.0381. The Kier molecular flexibility index (Phi) is 4.82. The molecular formula is C19H25N5O3. The molecule has 2 aliphatic heterocycles. The molecule has 0 bridgehead atoms. The van der Waals surface area contributed by atoms with Crippen molar-refractivity contribution in [2.24, 2.45) is 7.05 Å². The number of ether oxygens (including phenoxy) is 2. The number of hydrogen-bond donors (Lipinski definition) is 0. The van der Waals surface area contributed by atoms with Gasteiger partial charge in [-0.2, -0.15) is 5.10 Å². The van der Waals surface area contributed by atoms with E-state index in [0.717, 1.165) is 31.4 Å². The van der Waals surface area contributed by atoms with Gasteiger partial charge in [-0.15, -0.1) is 0 Å². The van der Waals surface area contributed by atoms with Crippen LogP contribution in [0.4, 0.5) is 0 Å². The molecule has 8 heteroatoms. The third-order valence-corrected chi connectivity index (χ3v) is 5.46. The van der Waals surface area contributed by atoms with Gasteiger partial charge in [0.05, 0.1) is 24.1 Å². The molecule has 1 atom stereocenters. The van der Waals surface area contributed by atoms with E-state index in [1.807, 2.05) is 24.9 Å². The van der Waals surface area contributed by atoms with Crippen LogP contribution in [0.5, 0.6) is 5.88 Å². The van der Waals surface area contributed by atoms with Crippen LogP contribution in [0.3, 0.4) is 0 Å². The highest BCUT2D eigenvalue weighted by molar-refractivity contribution is 5.92. The van der Waals surface area contributed by atoms with Crippen LogP contribution in [0.2, 0.25) is 0 Å². The second kappa shape index (κ2) is 7.26. The van der Waals surface area contributed by atoms with E-state index in [9.17, 15) is 4.79 Å². The summed E-state index contributed by atoms with van der Waals surface area (Å²) in [5.41, 5.74) is 1.27. The minimum atomic E-state index is -0.218. The molecule has 4 heterocycles. The van der Waals surface area contributed by atoms with E-state index in [0.29, 0.717) is 31.3 Å². The maximum absolute atomic E-state index is 12.8. The number of aromatic nitrogens is 4. The Morgan fingerprint density at radius 3 is 2.81 bits per heavy atom. The van der Waals surface area contributed by atoms with Crippen LogP contribution in [0.25, 0.3) is 0 Å². The van der Waals surface area contributed by atoms with Crippen molar-refractivity contribution >= 4 is 5.91 Å². The first-order chi connectivity index (χ1) is 13.0. The van der Waals surface area contributed by atoms with E-state index in [1.54, 1.807) is 23.3 Å². The number of rotatable bonds is 3. The Morgan fingerprint density at radius 2 is 2.15 bits per heavy atom. The van der Waals surface area contributed by atoms with Gasteiger partial charge in [0, 0.05) is 45.4 Å². The van der Waals surface area contributed by atoms with Crippen LogP contribution < -0.4 is 4.74 Å². The summed E-state index contributed by atoms with van der Waals surface area (Å²) < 4.78 is 13.8. The van der Waals surface area contributed by atoms with E-state index in [4.69, 9.17) is 9.47 Å². The Labute approximate surface area is 158 Å². The summed E-state index contributed by atoms with van der Waals surface area (Å²) in [7, 11) is 1.81. The number of carbonyl (C=O) groups is 1. The molecule has 2 aromatic heterocycles. The van der Waals surface area contributed by atoms with Gasteiger partial charge in [-0.25, -0.2) is 4.98 Å². The first-order valence-electron chi connectivity index (χ1n) is 9.41. The lowest BCUT2D eigenvalue weighted by molar-refractivity contribution is -0.135. The molecule has 0 N–H and O–H groups in total. The molecule has 144 valence electrons. The van der Waals surface area contributed by atoms with Gasteiger partial charge in [0.25, 0.3) is 5.91 Å². The van der Waals surface area contributed by atoms with Gasteiger partial charge in [-0.1, -0.05) is 0 Å². The molecule has 8 nitrogen and oxygen atoms in total. The molecule has 0 radical (unpaired) electrons. The fourth-order valence-electron chi connectivity index (χ4n) is 4.04. The van der Waals surface area contributed by atoms with E-state index in [-0.39, 0.29) is 17.6 Å². The number of amides is 1. The van der Waals surface area contributed by atoms with Crippen LogP contribution in [-0.4, -0.2) is 62.0 Å². The van der Waals surface area contributed by atoms with Crippen molar-refractivity contribution < 1.29 is 14.3 Å². The molecule has 2 fully saturated rings. The van der Waals surface area contributed by atoms with Crippen LogP contribution >= 0.6 is 0 Å². The second-order valence-corrected chi connectivity index (χ2v) is 7.39. The molecule has 0 aromatic carbocycles. The van der Waals surface area contributed by atoms with Gasteiger partial charge >= 0.3 is 0 Å². The minimum Gasteiger partial charge on any atom is -0.473 e. The van der Waals surface area contributed by atoms with Gasteiger partial charge in [0.1, 0.15) is 11.8 Å². The van der Waals surface area contributed by atoms with Crippen molar-refractivity contribution in [1.29, 1.82) is 0 Å². The summed E-state index contributed by atoms with van der Waals surface area (Å²) in [6, 6.07) is 1.84.